The van der Waals surface area contributed by atoms with Crippen LogP contribution in [0.3, 0.4) is 0 Å². The van der Waals surface area contributed by atoms with Gasteiger partial charge in [-0.1, -0.05) is 6.42 Å². The maximum Gasteiger partial charge on any atom is 0.0604 e. The van der Waals surface area contributed by atoms with Gasteiger partial charge in [-0.05, 0) is 39.7 Å². The fourth-order valence-corrected chi connectivity index (χ4v) is 2.94. The minimum absolute atomic E-state index is 0.552. The summed E-state index contributed by atoms with van der Waals surface area (Å²) in [5.74, 6) is 0. The van der Waals surface area contributed by atoms with Crippen LogP contribution < -0.4 is 0 Å². The zero-order valence-electron chi connectivity index (χ0n) is 8.83. The molecule has 2 atom stereocenters. The molecule has 13 heavy (non-hydrogen) atoms. The summed E-state index contributed by atoms with van der Waals surface area (Å²) in [6.45, 7) is 2.99. The highest BCUT2D eigenvalue weighted by atomic mass is 16.5. The molecule has 0 aliphatic carbocycles. The van der Waals surface area contributed by atoms with Gasteiger partial charge in [0, 0.05) is 18.7 Å². The molecule has 2 nitrogen and oxygen atoms in total. The zero-order chi connectivity index (χ0) is 9.26. The Hall–Kier alpha value is -0.0800. The van der Waals surface area contributed by atoms with Gasteiger partial charge in [0.25, 0.3) is 0 Å². The monoisotopic (exact) mass is 183 g/mol. The molecule has 0 aromatic heterocycles. The summed E-state index contributed by atoms with van der Waals surface area (Å²) in [5.41, 5.74) is 0. The van der Waals surface area contributed by atoms with Crippen LogP contribution in [0.2, 0.25) is 0 Å². The van der Waals surface area contributed by atoms with Crippen LogP contribution in [-0.4, -0.2) is 36.7 Å². The van der Waals surface area contributed by atoms with Crippen LogP contribution >= 0.6 is 0 Å². The average Bonchev–Trinajstić information content (AvgIpc) is 2.07. The van der Waals surface area contributed by atoms with Crippen LogP contribution in [0.25, 0.3) is 0 Å². The maximum absolute atomic E-state index is 5.74. The summed E-state index contributed by atoms with van der Waals surface area (Å²) in [6, 6.07) is 1.62. The highest BCUT2D eigenvalue weighted by Crippen LogP contribution is 2.33. The van der Waals surface area contributed by atoms with Crippen molar-refractivity contribution in [3.63, 3.8) is 0 Å². The predicted octanol–water partition coefficient (Wildman–Crippen LogP) is 2.04. The summed E-state index contributed by atoms with van der Waals surface area (Å²) >= 11 is 0. The van der Waals surface area contributed by atoms with E-state index in [1.807, 2.05) is 0 Å². The van der Waals surface area contributed by atoms with E-state index in [4.69, 9.17) is 4.74 Å². The Bertz CT molecular complexity index is 157. The average molecular weight is 183 g/mol. The number of nitrogens with zero attached hydrogens (tertiary/aromatic N) is 1. The van der Waals surface area contributed by atoms with Gasteiger partial charge in [-0.25, -0.2) is 0 Å². The third kappa shape index (κ3) is 1.89. The highest BCUT2D eigenvalue weighted by molar-refractivity contribution is 4.91. The summed E-state index contributed by atoms with van der Waals surface area (Å²) in [6.07, 6.45) is 7.28. The molecule has 76 valence electrons. The normalized spacial score (nSPS) is 40.6. The van der Waals surface area contributed by atoms with Crippen molar-refractivity contribution < 1.29 is 4.74 Å². The first-order valence-electron chi connectivity index (χ1n) is 5.64. The third-order valence-corrected chi connectivity index (χ3v) is 3.70. The van der Waals surface area contributed by atoms with Gasteiger partial charge in [0.1, 0.15) is 0 Å². The van der Waals surface area contributed by atoms with Crippen molar-refractivity contribution in [2.24, 2.45) is 0 Å². The molecule has 2 heteroatoms. The van der Waals surface area contributed by atoms with Gasteiger partial charge in [-0.2, -0.15) is 0 Å². The van der Waals surface area contributed by atoms with Crippen molar-refractivity contribution in [1.29, 1.82) is 0 Å². The lowest BCUT2D eigenvalue weighted by atomic mass is 9.83. The molecule has 2 unspecified atom stereocenters. The van der Waals surface area contributed by atoms with Gasteiger partial charge >= 0.3 is 0 Å². The number of piperidine rings is 2. The standard InChI is InChI=1S/C11H21NO/c1-3-13-11-7-9-5-4-6-10(8-11)12(9)2/h9-11H,3-8H2,1-2H3. The van der Waals surface area contributed by atoms with Crippen LogP contribution in [0.1, 0.15) is 39.0 Å². The molecule has 0 spiro atoms. The lowest BCUT2D eigenvalue weighted by Gasteiger charge is -2.46. The quantitative estimate of drug-likeness (QED) is 0.649. The molecule has 2 heterocycles. The second kappa shape index (κ2) is 3.97. The SMILES string of the molecule is CCOC1CC2CCCC(C1)N2C. The molecule has 2 rings (SSSR count). The van der Waals surface area contributed by atoms with E-state index < -0.39 is 0 Å². The molecule has 2 saturated heterocycles. The summed E-state index contributed by atoms with van der Waals surface area (Å²) in [7, 11) is 2.29. The van der Waals surface area contributed by atoms with Crippen LogP contribution in [-0.2, 0) is 4.74 Å². The van der Waals surface area contributed by atoms with Gasteiger partial charge in [0.15, 0.2) is 0 Å². The van der Waals surface area contributed by atoms with Crippen LogP contribution in [0.5, 0.6) is 0 Å². The van der Waals surface area contributed by atoms with Crippen molar-refractivity contribution in [3.05, 3.63) is 0 Å². The molecule has 0 saturated carbocycles. The van der Waals surface area contributed by atoms with E-state index in [1.54, 1.807) is 0 Å². The fraction of sp³-hybridized carbons (Fsp3) is 1.00. The Morgan fingerprint density at radius 3 is 2.38 bits per heavy atom. The van der Waals surface area contributed by atoms with Gasteiger partial charge in [-0.3, -0.25) is 0 Å². The molecular formula is C11H21NO. The fourth-order valence-electron chi connectivity index (χ4n) is 2.94. The number of rotatable bonds is 2. The molecule has 0 aromatic rings. The molecule has 0 N–H and O–H groups in total. The Balaban J connectivity index is 1.95. The van der Waals surface area contributed by atoms with E-state index in [-0.39, 0.29) is 0 Å². The smallest absolute Gasteiger partial charge is 0.0604 e. The number of hydrogen-bond acceptors (Lipinski definition) is 2. The number of hydrogen-bond donors (Lipinski definition) is 0. The van der Waals surface area contributed by atoms with E-state index >= 15 is 0 Å². The topological polar surface area (TPSA) is 12.5 Å². The second-order valence-electron chi connectivity index (χ2n) is 4.45. The summed E-state index contributed by atoms with van der Waals surface area (Å²) in [5, 5.41) is 0. The molecule has 2 bridgehead atoms. The van der Waals surface area contributed by atoms with E-state index in [0.717, 1.165) is 18.7 Å². The molecular weight excluding hydrogens is 162 g/mol. The number of fused-ring (bicyclic) bond motifs is 2. The van der Waals surface area contributed by atoms with E-state index in [1.165, 1.54) is 32.1 Å². The lowest BCUT2D eigenvalue weighted by molar-refractivity contribution is -0.0461. The van der Waals surface area contributed by atoms with Crippen LogP contribution in [0, 0.1) is 0 Å². The first-order valence-corrected chi connectivity index (χ1v) is 5.64. The third-order valence-electron chi connectivity index (χ3n) is 3.70. The van der Waals surface area contributed by atoms with Crippen molar-refractivity contribution in [2.75, 3.05) is 13.7 Å². The molecule has 2 aliphatic rings. The van der Waals surface area contributed by atoms with Gasteiger partial charge in [0.2, 0.25) is 0 Å². The van der Waals surface area contributed by atoms with E-state index in [0.29, 0.717) is 6.10 Å². The largest absolute Gasteiger partial charge is 0.378 e. The van der Waals surface area contributed by atoms with Gasteiger partial charge < -0.3 is 9.64 Å². The molecule has 2 fully saturated rings. The summed E-state index contributed by atoms with van der Waals surface area (Å²) in [4.78, 5) is 2.58. The van der Waals surface area contributed by atoms with E-state index in [9.17, 15) is 0 Å². The highest BCUT2D eigenvalue weighted by Gasteiger charge is 2.35. The Labute approximate surface area is 81.3 Å². The van der Waals surface area contributed by atoms with Crippen molar-refractivity contribution in [2.45, 2.75) is 57.2 Å². The van der Waals surface area contributed by atoms with Crippen LogP contribution in [0.4, 0.5) is 0 Å². The van der Waals surface area contributed by atoms with Crippen LogP contribution in [0.15, 0.2) is 0 Å². The van der Waals surface area contributed by atoms with Crippen molar-refractivity contribution in [1.82, 2.24) is 4.90 Å². The summed E-state index contributed by atoms with van der Waals surface area (Å²) < 4.78 is 5.74. The molecule has 0 radical (unpaired) electrons. The molecule has 0 amide bonds. The number of ether oxygens (including phenoxy) is 1. The first kappa shape index (κ1) is 9.47. The zero-order valence-corrected chi connectivity index (χ0v) is 8.83. The van der Waals surface area contributed by atoms with Crippen molar-refractivity contribution in [3.8, 4) is 0 Å². The van der Waals surface area contributed by atoms with Crippen molar-refractivity contribution >= 4 is 0 Å². The first-order chi connectivity index (χ1) is 6.31. The molecule has 0 aromatic carbocycles. The van der Waals surface area contributed by atoms with E-state index in [2.05, 4.69) is 18.9 Å². The predicted molar refractivity (Wildman–Crippen MR) is 53.8 cm³/mol. The molecule has 2 aliphatic heterocycles. The Kier molecular flexibility index (Phi) is 2.89. The lowest BCUT2D eigenvalue weighted by Crippen LogP contribution is -2.51. The Morgan fingerprint density at radius 1 is 1.23 bits per heavy atom. The minimum atomic E-state index is 0.552. The second-order valence-corrected chi connectivity index (χ2v) is 4.45. The van der Waals surface area contributed by atoms with Gasteiger partial charge in [-0.15, -0.1) is 0 Å². The minimum Gasteiger partial charge on any atom is -0.378 e. The maximum atomic E-state index is 5.74. The van der Waals surface area contributed by atoms with Gasteiger partial charge in [0.05, 0.1) is 6.10 Å². The Morgan fingerprint density at radius 2 is 1.85 bits per heavy atom.